The zero-order valence-electron chi connectivity index (χ0n) is 7.51. The fourth-order valence-corrected chi connectivity index (χ4v) is 2.73. The van der Waals surface area contributed by atoms with Gasteiger partial charge in [-0.15, -0.1) is 11.8 Å². The highest BCUT2D eigenvalue weighted by atomic mass is 35.5. The zero-order chi connectivity index (χ0) is 10.3. The Labute approximate surface area is 90.6 Å². The minimum Gasteiger partial charge on any atom is -0.293 e. The van der Waals surface area contributed by atoms with E-state index in [9.17, 15) is 9.18 Å². The van der Waals surface area contributed by atoms with E-state index in [1.165, 1.54) is 23.9 Å². The van der Waals surface area contributed by atoms with Gasteiger partial charge in [0.15, 0.2) is 5.78 Å². The number of halogens is 2. The largest absolute Gasteiger partial charge is 0.293 e. The van der Waals surface area contributed by atoms with Crippen LogP contribution in [0.2, 0.25) is 5.02 Å². The maximum Gasteiger partial charge on any atom is 0.177 e. The molecule has 0 saturated carbocycles. The average Bonchev–Trinajstić information content (AvgIpc) is 2.16. The third-order valence-electron chi connectivity index (χ3n) is 2.30. The van der Waals surface area contributed by atoms with Gasteiger partial charge in [-0.2, -0.15) is 0 Å². The molecule has 1 aromatic rings. The quantitative estimate of drug-likeness (QED) is 0.680. The van der Waals surface area contributed by atoms with Crippen molar-refractivity contribution in [3.8, 4) is 0 Å². The van der Waals surface area contributed by atoms with Crippen molar-refractivity contribution < 1.29 is 9.18 Å². The van der Waals surface area contributed by atoms with Crippen LogP contribution in [-0.4, -0.2) is 11.0 Å². The fraction of sp³-hybridized carbons (Fsp3) is 0.300. The normalized spacial score (nSPS) is 20.8. The Morgan fingerprint density at radius 2 is 2.29 bits per heavy atom. The molecule has 2 rings (SSSR count). The van der Waals surface area contributed by atoms with E-state index >= 15 is 0 Å². The monoisotopic (exact) mass is 230 g/mol. The number of benzene rings is 1. The molecule has 1 nitrogen and oxygen atoms in total. The number of hydrogen-bond acceptors (Lipinski definition) is 2. The Kier molecular flexibility index (Phi) is 2.54. The van der Waals surface area contributed by atoms with Crippen LogP contribution in [-0.2, 0) is 5.75 Å². The lowest BCUT2D eigenvalue weighted by molar-refractivity contribution is 0.0991. The summed E-state index contributed by atoms with van der Waals surface area (Å²) in [7, 11) is 0. The molecule has 4 heteroatoms. The standard InChI is InChI=1S/C10H8ClFOS/c1-5-10(13)9-6(4-14-5)8(12)3-2-7(9)11/h2-3,5H,4H2,1H3. The van der Waals surface area contributed by atoms with Gasteiger partial charge in [-0.1, -0.05) is 11.6 Å². The number of hydrogen-bond donors (Lipinski definition) is 0. The molecule has 0 spiro atoms. The van der Waals surface area contributed by atoms with Crippen LogP contribution in [0.4, 0.5) is 4.39 Å². The molecule has 1 aliphatic rings. The topological polar surface area (TPSA) is 17.1 Å². The third kappa shape index (κ3) is 1.44. The Bertz CT molecular complexity index is 405. The number of rotatable bonds is 0. The molecule has 0 bridgehead atoms. The summed E-state index contributed by atoms with van der Waals surface area (Å²) in [6.45, 7) is 1.82. The predicted octanol–water partition coefficient (Wildman–Crippen LogP) is 3.30. The molecule has 0 N–H and O–H groups in total. The average molecular weight is 231 g/mol. The molecular formula is C10H8ClFOS. The van der Waals surface area contributed by atoms with E-state index in [2.05, 4.69) is 0 Å². The highest BCUT2D eigenvalue weighted by Gasteiger charge is 2.28. The van der Waals surface area contributed by atoms with Gasteiger partial charge in [0, 0.05) is 16.9 Å². The smallest absolute Gasteiger partial charge is 0.177 e. The number of carbonyl (C=O) groups excluding carboxylic acids is 1. The van der Waals surface area contributed by atoms with E-state index in [0.717, 1.165) is 0 Å². The molecule has 14 heavy (non-hydrogen) atoms. The van der Waals surface area contributed by atoms with Gasteiger partial charge in [-0.3, -0.25) is 4.79 Å². The number of fused-ring (bicyclic) bond motifs is 1. The summed E-state index contributed by atoms with van der Waals surface area (Å²) in [6, 6.07) is 2.75. The molecular weight excluding hydrogens is 223 g/mol. The van der Waals surface area contributed by atoms with Crippen molar-refractivity contribution in [2.24, 2.45) is 0 Å². The van der Waals surface area contributed by atoms with E-state index in [1.54, 1.807) is 0 Å². The molecule has 0 aromatic heterocycles. The summed E-state index contributed by atoms with van der Waals surface area (Å²) in [5.41, 5.74) is 0.823. The minimum absolute atomic E-state index is 0.0687. The highest BCUT2D eigenvalue weighted by Crippen LogP contribution is 2.35. The van der Waals surface area contributed by atoms with Crippen molar-refractivity contribution in [3.63, 3.8) is 0 Å². The van der Waals surface area contributed by atoms with E-state index < -0.39 is 0 Å². The van der Waals surface area contributed by atoms with Gasteiger partial charge in [0.25, 0.3) is 0 Å². The van der Waals surface area contributed by atoms with Crippen LogP contribution in [0.1, 0.15) is 22.8 Å². The van der Waals surface area contributed by atoms with Crippen molar-refractivity contribution in [2.45, 2.75) is 17.9 Å². The van der Waals surface area contributed by atoms with Gasteiger partial charge < -0.3 is 0 Å². The number of Topliss-reactive ketones (excluding diaryl/α,β-unsaturated/α-hetero) is 1. The van der Waals surface area contributed by atoms with Gasteiger partial charge in [0.2, 0.25) is 0 Å². The molecule has 0 amide bonds. The summed E-state index contributed by atoms with van der Waals surface area (Å²) in [5, 5.41) is 0.236. The second-order valence-electron chi connectivity index (χ2n) is 3.20. The summed E-state index contributed by atoms with van der Waals surface area (Å²) < 4.78 is 13.3. The van der Waals surface area contributed by atoms with Gasteiger partial charge in [-0.05, 0) is 19.1 Å². The number of carbonyl (C=O) groups is 1. The SMILES string of the molecule is CC1SCc2c(F)ccc(Cl)c2C1=O. The maximum atomic E-state index is 13.3. The zero-order valence-corrected chi connectivity index (χ0v) is 9.08. The van der Waals surface area contributed by atoms with Crippen LogP contribution in [0, 0.1) is 5.82 Å². The Morgan fingerprint density at radius 3 is 3.00 bits per heavy atom. The lowest BCUT2D eigenvalue weighted by Crippen LogP contribution is -2.21. The van der Waals surface area contributed by atoms with Crippen molar-refractivity contribution in [3.05, 3.63) is 34.1 Å². The van der Waals surface area contributed by atoms with Crippen molar-refractivity contribution in [1.82, 2.24) is 0 Å². The van der Waals surface area contributed by atoms with E-state index in [0.29, 0.717) is 21.9 Å². The molecule has 0 saturated heterocycles. The summed E-state index contributed by atoms with van der Waals surface area (Å²) in [6.07, 6.45) is 0. The minimum atomic E-state index is -0.336. The van der Waals surface area contributed by atoms with Crippen molar-refractivity contribution in [1.29, 1.82) is 0 Å². The highest BCUT2D eigenvalue weighted by molar-refractivity contribution is 8.00. The second-order valence-corrected chi connectivity index (χ2v) is 4.94. The molecule has 0 radical (unpaired) electrons. The van der Waals surface area contributed by atoms with Gasteiger partial charge in [0.05, 0.1) is 10.3 Å². The molecule has 0 fully saturated rings. The first-order valence-corrected chi connectivity index (χ1v) is 5.66. The number of ketones is 1. The Morgan fingerprint density at radius 1 is 1.57 bits per heavy atom. The van der Waals surface area contributed by atoms with E-state index in [1.807, 2.05) is 6.92 Å². The van der Waals surface area contributed by atoms with Crippen LogP contribution in [0.3, 0.4) is 0 Å². The Hall–Kier alpha value is -0.540. The van der Waals surface area contributed by atoms with Crippen LogP contribution >= 0.6 is 23.4 Å². The van der Waals surface area contributed by atoms with Crippen LogP contribution in [0.15, 0.2) is 12.1 Å². The van der Waals surface area contributed by atoms with Gasteiger partial charge in [-0.25, -0.2) is 4.39 Å². The summed E-state index contributed by atoms with van der Waals surface area (Å²) in [5.74, 6) is 0.118. The van der Waals surface area contributed by atoms with Gasteiger partial charge >= 0.3 is 0 Å². The first kappa shape index (κ1) is 9.99. The molecule has 0 aliphatic carbocycles. The molecule has 1 heterocycles. The number of thioether (sulfide) groups is 1. The first-order valence-electron chi connectivity index (χ1n) is 4.24. The van der Waals surface area contributed by atoms with Crippen LogP contribution in [0.5, 0.6) is 0 Å². The van der Waals surface area contributed by atoms with E-state index in [-0.39, 0.29) is 16.9 Å². The predicted molar refractivity (Wildman–Crippen MR) is 56.5 cm³/mol. The van der Waals surface area contributed by atoms with E-state index in [4.69, 9.17) is 11.6 Å². The molecule has 1 aliphatic heterocycles. The third-order valence-corrected chi connectivity index (χ3v) is 3.78. The molecule has 1 aromatic carbocycles. The fourth-order valence-electron chi connectivity index (χ4n) is 1.49. The van der Waals surface area contributed by atoms with Gasteiger partial charge in [0.1, 0.15) is 5.82 Å². The second kappa shape index (κ2) is 3.55. The summed E-state index contributed by atoms with van der Waals surface area (Å²) >= 11 is 7.32. The van der Waals surface area contributed by atoms with Crippen LogP contribution in [0.25, 0.3) is 0 Å². The molecule has 1 unspecified atom stereocenters. The molecule has 1 atom stereocenters. The lowest BCUT2D eigenvalue weighted by Gasteiger charge is -2.21. The summed E-state index contributed by atoms with van der Waals surface area (Å²) in [4.78, 5) is 11.7. The maximum absolute atomic E-state index is 13.3. The van der Waals surface area contributed by atoms with Crippen molar-refractivity contribution in [2.75, 3.05) is 0 Å². The molecule has 74 valence electrons. The van der Waals surface area contributed by atoms with Crippen molar-refractivity contribution >= 4 is 29.1 Å². The first-order chi connectivity index (χ1) is 6.61. The van der Waals surface area contributed by atoms with Crippen LogP contribution < -0.4 is 0 Å². The lowest BCUT2D eigenvalue weighted by atomic mass is 10.0. The Balaban J connectivity index is 2.64.